The number of nitrogens with two attached hydrogens (primary N) is 1. The van der Waals surface area contributed by atoms with E-state index < -0.39 is 0 Å². The van der Waals surface area contributed by atoms with Gasteiger partial charge in [-0.05, 0) is 49.9 Å². The zero-order valence-corrected chi connectivity index (χ0v) is 16.4. The molecule has 0 bridgehead atoms. The van der Waals surface area contributed by atoms with Crippen molar-refractivity contribution in [1.29, 1.82) is 0 Å². The van der Waals surface area contributed by atoms with E-state index in [1.165, 1.54) is 11.3 Å². The van der Waals surface area contributed by atoms with Gasteiger partial charge in [0.15, 0.2) is 5.13 Å². The Balaban J connectivity index is 0.00000243. The number of anilines is 2. The van der Waals surface area contributed by atoms with Crippen molar-refractivity contribution in [2.75, 3.05) is 17.2 Å². The third-order valence-corrected chi connectivity index (χ3v) is 5.61. The Kier molecular flexibility index (Phi) is 7.37. The van der Waals surface area contributed by atoms with Crippen LogP contribution in [0.4, 0.5) is 10.8 Å². The number of thiazole rings is 1. The van der Waals surface area contributed by atoms with Crippen LogP contribution in [-0.4, -0.2) is 23.3 Å². The average molecular weight is 397 g/mol. The topological polar surface area (TPSA) is 97.1 Å². The van der Waals surface area contributed by atoms with E-state index in [4.69, 9.17) is 5.73 Å². The number of nitrogens with one attached hydrogen (secondary N) is 2. The van der Waals surface area contributed by atoms with E-state index in [1.807, 2.05) is 25.1 Å². The monoisotopic (exact) mass is 396 g/mol. The standard InChI is InChI=1S/C18H24N4O2S.ClH/c1-2-4-16(23)22-18-21-14-8-7-12(9-15(14)25-18)20-17(24)13-6-3-5-11(13)10-19;/h7-9,11,13H,2-6,10,19H2,1H3,(H,20,24)(H,21,22,23);1H/t11-,13-;/m1./s1. The molecule has 1 aromatic carbocycles. The largest absolute Gasteiger partial charge is 0.330 e. The Morgan fingerprint density at radius 3 is 2.85 bits per heavy atom. The highest BCUT2D eigenvalue weighted by molar-refractivity contribution is 7.22. The maximum atomic E-state index is 12.5. The number of hydrogen-bond donors (Lipinski definition) is 3. The lowest BCUT2D eigenvalue weighted by Gasteiger charge is -2.17. The van der Waals surface area contributed by atoms with Crippen LogP contribution in [0.25, 0.3) is 10.2 Å². The molecule has 0 spiro atoms. The van der Waals surface area contributed by atoms with Crippen LogP contribution in [-0.2, 0) is 9.59 Å². The van der Waals surface area contributed by atoms with Gasteiger partial charge < -0.3 is 16.4 Å². The molecule has 2 amide bonds. The van der Waals surface area contributed by atoms with E-state index >= 15 is 0 Å². The molecule has 2 atom stereocenters. The number of hydrogen-bond acceptors (Lipinski definition) is 5. The molecule has 3 rings (SSSR count). The number of rotatable bonds is 6. The van der Waals surface area contributed by atoms with Gasteiger partial charge in [0.05, 0.1) is 10.2 Å². The zero-order valence-electron chi connectivity index (χ0n) is 14.8. The fraction of sp³-hybridized carbons (Fsp3) is 0.500. The molecule has 1 aliphatic carbocycles. The lowest BCUT2D eigenvalue weighted by molar-refractivity contribution is -0.120. The summed E-state index contributed by atoms with van der Waals surface area (Å²) in [7, 11) is 0. The molecule has 1 heterocycles. The minimum Gasteiger partial charge on any atom is -0.330 e. The van der Waals surface area contributed by atoms with Crippen molar-refractivity contribution in [3.63, 3.8) is 0 Å². The number of nitrogens with zero attached hydrogens (tertiary/aromatic N) is 1. The van der Waals surface area contributed by atoms with E-state index in [0.717, 1.165) is 41.6 Å². The van der Waals surface area contributed by atoms with Crippen molar-refractivity contribution in [3.8, 4) is 0 Å². The van der Waals surface area contributed by atoms with Gasteiger partial charge in [0.2, 0.25) is 11.8 Å². The molecule has 4 N–H and O–H groups in total. The van der Waals surface area contributed by atoms with Crippen LogP contribution in [0.1, 0.15) is 39.0 Å². The molecule has 2 aromatic rings. The van der Waals surface area contributed by atoms with Crippen LogP contribution in [0.15, 0.2) is 18.2 Å². The van der Waals surface area contributed by atoms with Crippen LogP contribution in [0.5, 0.6) is 0 Å². The van der Waals surface area contributed by atoms with Gasteiger partial charge in [-0.1, -0.05) is 24.7 Å². The molecule has 6 nitrogen and oxygen atoms in total. The van der Waals surface area contributed by atoms with Gasteiger partial charge in [-0.15, -0.1) is 12.4 Å². The van der Waals surface area contributed by atoms with Crippen molar-refractivity contribution in [2.24, 2.45) is 17.6 Å². The first-order valence-corrected chi connectivity index (χ1v) is 9.63. The van der Waals surface area contributed by atoms with Crippen molar-refractivity contribution in [2.45, 2.75) is 39.0 Å². The Morgan fingerprint density at radius 2 is 2.12 bits per heavy atom. The summed E-state index contributed by atoms with van der Waals surface area (Å²) in [4.78, 5) is 28.6. The number of aromatic nitrogens is 1. The molecule has 0 radical (unpaired) electrons. The van der Waals surface area contributed by atoms with Crippen molar-refractivity contribution in [1.82, 2.24) is 4.98 Å². The number of amides is 2. The van der Waals surface area contributed by atoms with Crippen molar-refractivity contribution in [3.05, 3.63) is 18.2 Å². The lowest BCUT2D eigenvalue weighted by Crippen LogP contribution is -2.29. The first-order valence-electron chi connectivity index (χ1n) is 8.82. The van der Waals surface area contributed by atoms with Gasteiger partial charge in [0.1, 0.15) is 0 Å². The van der Waals surface area contributed by atoms with Crippen molar-refractivity contribution >= 4 is 56.6 Å². The van der Waals surface area contributed by atoms with E-state index in [2.05, 4.69) is 15.6 Å². The summed E-state index contributed by atoms with van der Waals surface area (Å²) in [5, 5.41) is 6.42. The van der Waals surface area contributed by atoms with Crippen LogP contribution >= 0.6 is 23.7 Å². The first-order chi connectivity index (χ1) is 12.1. The minimum atomic E-state index is -0.0239. The molecule has 1 saturated carbocycles. The lowest BCUT2D eigenvalue weighted by atomic mass is 9.95. The second kappa shape index (κ2) is 9.30. The first kappa shape index (κ1) is 20.6. The second-order valence-corrected chi connectivity index (χ2v) is 7.55. The van der Waals surface area contributed by atoms with Gasteiger partial charge in [-0.2, -0.15) is 0 Å². The molecule has 0 unspecified atom stereocenters. The zero-order chi connectivity index (χ0) is 17.8. The number of benzene rings is 1. The summed E-state index contributed by atoms with van der Waals surface area (Å²) in [6.07, 6.45) is 4.29. The van der Waals surface area contributed by atoms with E-state index in [1.54, 1.807) is 0 Å². The van der Waals surface area contributed by atoms with E-state index in [-0.39, 0.29) is 36.1 Å². The predicted molar refractivity (Wildman–Crippen MR) is 109 cm³/mol. The smallest absolute Gasteiger partial charge is 0.227 e. The third kappa shape index (κ3) is 4.72. The highest BCUT2D eigenvalue weighted by Gasteiger charge is 2.31. The fourth-order valence-electron chi connectivity index (χ4n) is 3.36. The molecule has 0 aliphatic heterocycles. The van der Waals surface area contributed by atoms with Crippen LogP contribution < -0.4 is 16.4 Å². The summed E-state index contributed by atoms with van der Waals surface area (Å²) >= 11 is 1.42. The number of carbonyl (C=O) groups excluding carboxylic acids is 2. The quantitative estimate of drug-likeness (QED) is 0.692. The third-order valence-electron chi connectivity index (χ3n) is 4.68. The molecular weight excluding hydrogens is 372 g/mol. The highest BCUT2D eigenvalue weighted by atomic mass is 35.5. The molecule has 26 heavy (non-hydrogen) atoms. The maximum Gasteiger partial charge on any atom is 0.227 e. The molecule has 8 heteroatoms. The second-order valence-electron chi connectivity index (χ2n) is 6.52. The molecule has 1 aliphatic rings. The summed E-state index contributed by atoms with van der Waals surface area (Å²) in [6, 6.07) is 5.63. The summed E-state index contributed by atoms with van der Waals surface area (Å²) in [5.74, 6) is 0.316. The molecular formula is C18H25ClN4O2S. The Bertz CT molecular complexity index is 780. The Labute approximate surface area is 163 Å². The van der Waals surface area contributed by atoms with Gasteiger partial charge in [0.25, 0.3) is 0 Å². The normalized spacial score (nSPS) is 19.2. The fourth-order valence-corrected chi connectivity index (χ4v) is 4.29. The van der Waals surface area contributed by atoms with Crippen LogP contribution in [0.3, 0.4) is 0 Å². The highest BCUT2D eigenvalue weighted by Crippen LogP contribution is 2.33. The summed E-state index contributed by atoms with van der Waals surface area (Å²) in [6.45, 7) is 2.53. The number of fused-ring (bicyclic) bond motifs is 1. The van der Waals surface area contributed by atoms with Crippen LogP contribution in [0, 0.1) is 11.8 Å². The van der Waals surface area contributed by atoms with Crippen molar-refractivity contribution < 1.29 is 9.59 Å². The van der Waals surface area contributed by atoms with Gasteiger partial charge in [-0.3, -0.25) is 9.59 Å². The minimum absolute atomic E-state index is 0. The summed E-state index contributed by atoms with van der Waals surface area (Å²) < 4.78 is 0.936. The summed E-state index contributed by atoms with van der Waals surface area (Å²) in [5.41, 5.74) is 7.35. The van der Waals surface area contributed by atoms with E-state index in [9.17, 15) is 9.59 Å². The SMILES string of the molecule is CCCC(=O)Nc1nc2ccc(NC(=O)[C@@H]3CCC[C@@H]3CN)cc2s1.Cl. The number of carbonyl (C=O) groups is 2. The van der Waals surface area contributed by atoms with Gasteiger partial charge in [0, 0.05) is 18.0 Å². The van der Waals surface area contributed by atoms with Gasteiger partial charge in [-0.25, -0.2) is 4.98 Å². The molecule has 142 valence electrons. The number of halogens is 1. The Morgan fingerprint density at radius 1 is 1.31 bits per heavy atom. The molecule has 1 fully saturated rings. The van der Waals surface area contributed by atoms with Gasteiger partial charge >= 0.3 is 0 Å². The molecule has 1 aromatic heterocycles. The predicted octanol–water partition coefficient (Wildman–Crippen LogP) is 3.77. The van der Waals surface area contributed by atoms with E-state index in [0.29, 0.717) is 18.1 Å². The molecule has 0 saturated heterocycles. The average Bonchev–Trinajstić information content (AvgIpc) is 3.20. The Hall–Kier alpha value is -1.70. The van der Waals surface area contributed by atoms with Crippen LogP contribution in [0.2, 0.25) is 0 Å². The maximum absolute atomic E-state index is 12.5.